The summed E-state index contributed by atoms with van der Waals surface area (Å²) in [5, 5.41) is 10.4. The van der Waals surface area contributed by atoms with Crippen LogP contribution in [0.4, 0.5) is 0 Å². The van der Waals surface area contributed by atoms with Crippen molar-refractivity contribution >= 4 is 46.8 Å². The summed E-state index contributed by atoms with van der Waals surface area (Å²) in [5.74, 6) is 1.54. The fourth-order valence-electron chi connectivity index (χ4n) is 3.12. The van der Waals surface area contributed by atoms with Gasteiger partial charge < -0.3 is 20.4 Å². The highest BCUT2D eigenvalue weighted by atomic mass is 127. The zero-order valence-electron chi connectivity index (χ0n) is 16.9. The van der Waals surface area contributed by atoms with Crippen LogP contribution in [0.1, 0.15) is 27.2 Å². The quantitative estimate of drug-likeness (QED) is 0.271. The number of carbonyl (C=O) groups excluding carboxylic acids is 1. The molecule has 1 amide bonds. The van der Waals surface area contributed by atoms with Gasteiger partial charge in [-0.05, 0) is 37.1 Å². The Balaban J connectivity index is 0.00000300. The van der Waals surface area contributed by atoms with Gasteiger partial charge in [-0.1, -0.05) is 30.3 Å². The average molecular weight is 506 g/mol. The van der Waals surface area contributed by atoms with E-state index in [1.54, 1.807) is 14.1 Å². The molecule has 0 saturated carbocycles. The first-order valence-corrected chi connectivity index (χ1v) is 9.35. The molecule has 0 fully saturated rings. The molecule has 0 aliphatic heterocycles. The zero-order valence-corrected chi connectivity index (χ0v) is 19.2. The number of aliphatic imine (C=N–C) groups is 1. The molecule has 0 bridgehead atoms. The minimum absolute atomic E-state index is 0. The smallest absolute Gasteiger partial charge is 0.251 e. The molecule has 0 radical (unpaired) electrons. The maximum atomic E-state index is 11.7. The SMILES string of the molecule is CN=C(NCCc1cccc(C(=O)NC)c1)NCc1oc2ccccc2c1C.I. The highest BCUT2D eigenvalue weighted by Gasteiger charge is 2.10. The summed E-state index contributed by atoms with van der Waals surface area (Å²) in [4.78, 5) is 16.0. The summed E-state index contributed by atoms with van der Waals surface area (Å²) in [6.07, 6.45) is 0.787. The molecule has 0 atom stereocenters. The molecular formula is C22H27IN4O2. The first-order chi connectivity index (χ1) is 13.6. The second-order valence-corrected chi connectivity index (χ2v) is 6.53. The van der Waals surface area contributed by atoms with Crippen LogP contribution >= 0.6 is 24.0 Å². The van der Waals surface area contributed by atoms with Gasteiger partial charge in [0.25, 0.3) is 5.91 Å². The molecule has 0 aliphatic rings. The third-order valence-electron chi connectivity index (χ3n) is 4.70. The number of nitrogens with zero attached hydrogens (tertiary/aromatic N) is 1. The van der Waals surface area contributed by atoms with Crippen LogP contribution in [0, 0.1) is 6.92 Å². The Morgan fingerprint density at radius 1 is 1.10 bits per heavy atom. The van der Waals surface area contributed by atoms with Crippen molar-refractivity contribution in [3.63, 3.8) is 0 Å². The van der Waals surface area contributed by atoms with Gasteiger partial charge in [-0.15, -0.1) is 24.0 Å². The predicted octanol–water partition coefficient (Wildman–Crippen LogP) is 3.63. The second-order valence-electron chi connectivity index (χ2n) is 6.53. The van der Waals surface area contributed by atoms with Crippen molar-refractivity contribution < 1.29 is 9.21 Å². The van der Waals surface area contributed by atoms with E-state index in [1.165, 1.54) is 0 Å². The van der Waals surface area contributed by atoms with E-state index in [4.69, 9.17) is 4.42 Å². The minimum Gasteiger partial charge on any atom is -0.459 e. The molecule has 1 heterocycles. The topological polar surface area (TPSA) is 78.7 Å². The van der Waals surface area contributed by atoms with E-state index in [0.717, 1.165) is 34.3 Å². The number of carbonyl (C=O) groups is 1. The molecule has 154 valence electrons. The van der Waals surface area contributed by atoms with E-state index in [2.05, 4.69) is 33.9 Å². The number of nitrogens with one attached hydrogen (secondary N) is 3. The molecule has 2 aromatic carbocycles. The molecule has 3 rings (SSSR count). The number of furan rings is 1. The summed E-state index contributed by atoms with van der Waals surface area (Å²) in [7, 11) is 3.38. The van der Waals surface area contributed by atoms with Gasteiger partial charge in [-0.2, -0.15) is 0 Å². The van der Waals surface area contributed by atoms with Crippen LogP contribution in [0.25, 0.3) is 11.0 Å². The number of hydrogen-bond donors (Lipinski definition) is 3. The van der Waals surface area contributed by atoms with Crippen molar-refractivity contribution in [2.24, 2.45) is 4.99 Å². The lowest BCUT2D eigenvalue weighted by molar-refractivity contribution is 0.0963. The number of benzene rings is 2. The Bertz CT molecular complexity index is 997. The summed E-state index contributed by atoms with van der Waals surface area (Å²) < 4.78 is 5.93. The number of hydrogen-bond acceptors (Lipinski definition) is 3. The average Bonchev–Trinajstić information content (AvgIpc) is 3.06. The van der Waals surface area contributed by atoms with Gasteiger partial charge in [0, 0.05) is 37.2 Å². The Morgan fingerprint density at radius 2 is 1.90 bits per heavy atom. The molecule has 7 heteroatoms. The number of para-hydroxylation sites is 1. The molecule has 3 aromatic rings. The highest BCUT2D eigenvalue weighted by molar-refractivity contribution is 14.0. The largest absolute Gasteiger partial charge is 0.459 e. The van der Waals surface area contributed by atoms with E-state index < -0.39 is 0 Å². The number of fused-ring (bicyclic) bond motifs is 1. The molecule has 3 N–H and O–H groups in total. The molecule has 0 unspecified atom stereocenters. The maximum absolute atomic E-state index is 11.7. The van der Waals surface area contributed by atoms with Gasteiger partial charge in [0.15, 0.2) is 5.96 Å². The minimum atomic E-state index is -0.0755. The Kier molecular flexibility index (Phi) is 8.50. The van der Waals surface area contributed by atoms with Gasteiger partial charge in [0.05, 0.1) is 6.54 Å². The second kappa shape index (κ2) is 10.8. The molecule has 0 spiro atoms. The Labute approximate surface area is 188 Å². The van der Waals surface area contributed by atoms with Crippen LogP contribution in [0.15, 0.2) is 57.9 Å². The highest BCUT2D eigenvalue weighted by Crippen LogP contribution is 2.24. The summed E-state index contributed by atoms with van der Waals surface area (Å²) in [5.41, 5.74) is 3.81. The number of guanidine groups is 1. The Morgan fingerprint density at radius 3 is 2.62 bits per heavy atom. The van der Waals surface area contributed by atoms with Crippen LogP contribution in [-0.4, -0.2) is 32.5 Å². The van der Waals surface area contributed by atoms with Gasteiger partial charge in [0.1, 0.15) is 11.3 Å². The zero-order chi connectivity index (χ0) is 19.9. The molecule has 6 nitrogen and oxygen atoms in total. The van der Waals surface area contributed by atoms with E-state index in [-0.39, 0.29) is 29.9 Å². The number of aryl methyl sites for hydroxylation is 1. The van der Waals surface area contributed by atoms with Crippen LogP contribution in [-0.2, 0) is 13.0 Å². The van der Waals surface area contributed by atoms with Gasteiger partial charge in [-0.25, -0.2) is 0 Å². The third-order valence-corrected chi connectivity index (χ3v) is 4.70. The van der Waals surface area contributed by atoms with E-state index >= 15 is 0 Å². The van der Waals surface area contributed by atoms with Crippen molar-refractivity contribution in [2.75, 3.05) is 20.6 Å². The van der Waals surface area contributed by atoms with E-state index in [9.17, 15) is 4.79 Å². The van der Waals surface area contributed by atoms with Crippen molar-refractivity contribution in [2.45, 2.75) is 19.9 Å². The summed E-state index contributed by atoms with van der Waals surface area (Å²) >= 11 is 0. The first kappa shape index (κ1) is 22.7. The van der Waals surface area contributed by atoms with Gasteiger partial charge >= 0.3 is 0 Å². The standard InChI is InChI=1S/C22H26N4O2.HI/c1-15-18-9-4-5-10-19(18)28-20(15)14-26-22(24-3)25-12-11-16-7-6-8-17(13-16)21(27)23-2;/h4-10,13H,11-12,14H2,1-3H3,(H,23,27)(H2,24,25,26);1H. The summed E-state index contributed by atoms with van der Waals surface area (Å²) in [6.45, 7) is 3.33. The number of rotatable bonds is 6. The van der Waals surface area contributed by atoms with Crippen LogP contribution in [0.5, 0.6) is 0 Å². The lowest BCUT2D eigenvalue weighted by Gasteiger charge is -2.11. The van der Waals surface area contributed by atoms with Crippen molar-refractivity contribution in [1.29, 1.82) is 0 Å². The molecule has 1 aromatic heterocycles. The van der Waals surface area contributed by atoms with Crippen molar-refractivity contribution in [3.05, 3.63) is 71.0 Å². The first-order valence-electron chi connectivity index (χ1n) is 9.35. The van der Waals surface area contributed by atoms with Crippen LogP contribution in [0.3, 0.4) is 0 Å². The van der Waals surface area contributed by atoms with Gasteiger partial charge in [0.2, 0.25) is 0 Å². The summed E-state index contributed by atoms with van der Waals surface area (Å²) in [6, 6.07) is 15.7. The predicted molar refractivity (Wildman–Crippen MR) is 128 cm³/mol. The number of halogens is 1. The monoisotopic (exact) mass is 506 g/mol. The maximum Gasteiger partial charge on any atom is 0.251 e. The fraction of sp³-hybridized carbons (Fsp3) is 0.273. The van der Waals surface area contributed by atoms with Gasteiger partial charge in [-0.3, -0.25) is 9.79 Å². The third kappa shape index (κ3) is 5.72. The van der Waals surface area contributed by atoms with E-state index in [0.29, 0.717) is 24.6 Å². The number of amides is 1. The lowest BCUT2D eigenvalue weighted by Crippen LogP contribution is -2.37. The van der Waals surface area contributed by atoms with Crippen molar-refractivity contribution in [1.82, 2.24) is 16.0 Å². The molecule has 29 heavy (non-hydrogen) atoms. The fourth-order valence-corrected chi connectivity index (χ4v) is 3.12. The van der Waals surface area contributed by atoms with Crippen LogP contribution in [0.2, 0.25) is 0 Å². The van der Waals surface area contributed by atoms with Crippen molar-refractivity contribution in [3.8, 4) is 0 Å². The van der Waals surface area contributed by atoms with E-state index in [1.807, 2.05) is 42.5 Å². The Hall–Kier alpha value is -2.55. The molecular weight excluding hydrogens is 479 g/mol. The normalized spacial score (nSPS) is 11.1. The lowest BCUT2D eigenvalue weighted by atomic mass is 10.1. The molecule has 0 saturated heterocycles. The molecule has 0 aliphatic carbocycles. The van der Waals surface area contributed by atoms with Crippen LogP contribution < -0.4 is 16.0 Å².